The van der Waals surface area contributed by atoms with Crippen molar-refractivity contribution in [3.05, 3.63) is 84.3 Å². The molecule has 29 heavy (non-hydrogen) atoms. The van der Waals surface area contributed by atoms with Crippen molar-refractivity contribution in [2.24, 2.45) is 5.73 Å². The van der Waals surface area contributed by atoms with Gasteiger partial charge in [0.25, 0.3) is 0 Å². The van der Waals surface area contributed by atoms with E-state index in [1.807, 2.05) is 60.7 Å². The van der Waals surface area contributed by atoms with Gasteiger partial charge < -0.3 is 27.6 Å². The highest BCUT2D eigenvalue weighted by Crippen LogP contribution is 2.33. The molecule has 0 aliphatic rings. The summed E-state index contributed by atoms with van der Waals surface area (Å²) in [6.07, 6.45) is 3.10. The number of hydrogen-bond donors (Lipinski definition) is 5. The molecule has 1 aromatic heterocycles. The van der Waals surface area contributed by atoms with E-state index in [0.717, 1.165) is 22.0 Å². The first-order valence-electron chi connectivity index (χ1n) is 9.13. The van der Waals surface area contributed by atoms with E-state index in [0.29, 0.717) is 30.3 Å². The van der Waals surface area contributed by atoms with Gasteiger partial charge in [-0.3, -0.25) is 4.98 Å². The largest absolute Gasteiger partial charge is 0.505 e. The van der Waals surface area contributed by atoms with Crippen LogP contribution < -0.4 is 22.5 Å². The van der Waals surface area contributed by atoms with Crippen molar-refractivity contribution >= 4 is 28.0 Å². The molecule has 7 nitrogen and oxygen atoms in total. The summed E-state index contributed by atoms with van der Waals surface area (Å²) in [5.41, 5.74) is 19.6. The molecule has 0 aliphatic heterocycles. The lowest BCUT2D eigenvalue weighted by molar-refractivity contribution is 0.472. The van der Waals surface area contributed by atoms with E-state index in [4.69, 9.17) is 17.2 Å². The van der Waals surface area contributed by atoms with Gasteiger partial charge in [-0.2, -0.15) is 0 Å². The second-order valence-corrected chi connectivity index (χ2v) is 6.33. The van der Waals surface area contributed by atoms with Crippen molar-refractivity contribution in [3.8, 4) is 5.75 Å². The Morgan fingerprint density at radius 2 is 1.59 bits per heavy atom. The van der Waals surface area contributed by atoms with Gasteiger partial charge in [0, 0.05) is 42.1 Å². The summed E-state index contributed by atoms with van der Waals surface area (Å²) in [4.78, 5) is 7.67. The van der Waals surface area contributed by atoms with E-state index in [1.54, 1.807) is 6.20 Å². The monoisotopic (exact) mass is 388 g/mol. The minimum Gasteiger partial charge on any atom is -0.505 e. The summed E-state index contributed by atoms with van der Waals surface area (Å²) in [7, 11) is 0. The van der Waals surface area contributed by atoms with Crippen LogP contribution in [0.25, 0.3) is 10.8 Å². The van der Waals surface area contributed by atoms with Gasteiger partial charge in [-0.1, -0.05) is 42.5 Å². The second kappa shape index (κ2) is 9.38. The molecule has 0 aliphatic carbocycles. The van der Waals surface area contributed by atoms with Crippen molar-refractivity contribution in [2.75, 3.05) is 16.8 Å². The Morgan fingerprint density at radius 1 is 0.897 bits per heavy atom. The number of nitrogen functional groups attached to an aromatic ring is 2. The van der Waals surface area contributed by atoms with Gasteiger partial charge in [0.05, 0.1) is 11.4 Å². The standard InChI is InChI=1S/C17H16N2O.C5H8N4/c18-16-15-9-5-4-6-12(15)10-13(17(16)20)11-19-14-7-2-1-3-8-14;6-3-4-5(7)9-2-1-8-4/h1-10,19-20H,11,18H2;1-2H,3,6H2,(H2,7,9). The number of aromatic nitrogens is 2. The van der Waals surface area contributed by atoms with Crippen LogP contribution in [0, 0.1) is 0 Å². The summed E-state index contributed by atoms with van der Waals surface area (Å²) in [6, 6.07) is 19.6. The molecular formula is C22H24N6O. The van der Waals surface area contributed by atoms with Gasteiger partial charge in [-0.15, -0.1) is 0 Å². The van der Waals surface area contributed by atoms with Crippen LogP contribution in [0.5, 0.6) is 5.75 Å². The van der Waals surface area contributed by atoms with Crippen LogP contribution in [0.1, 0.15) is 11.3 Å². The Bertz CT molecular complexity index is 1090. The fourth-order valence-corrected chi connectivity index (χ4v) is 2.85. The van der Waals surface area contributed by atoms with Crippen LogP contribution >= 0.6 is 0 Å². The maximum atomic E-state index is 10.2. The van der Waals surface area contributed by atoms with Gasteiger partial charge in [-0.05, 0) is 23.6 Å². The quantitative estimate of drug-likeness (QED) is 0.267. The highest BCUT2D eigenvalue weighted by Gasteiger charge is 2.09. The third kappa shape index (κ3) is 4.91. The normalized spacial score (nSPS) is 10.2. The fraction of sp³-hybridized carbons (Fsp3) is 0.0909. The summed E-state index contributed by atoms with van der Waals surface area (Å²) in [6.45, 7) is 0.880. The summed E-state index contributed by atoms with van der Waals surface area (Å²) < 4.78 is 0. The van der Waals surface area contributed by atoms with Gasteiger partial charge in [0.15, 0.2) is 0 Å². The molecule has 0 radical (unpaired) electrons. The smallest absolute Gasteiger partial charge is 0.146 e. The first-order valence-corrected chi connectivity index (χ1v) is 9.13. The van der Waals surface area contributed by atoms with E-state index < -0.39 is 0 Å². The molecule has 0 unspecified atom stereocenters. The molecule has 7 heteroatoms. The van der Waals surface area contributed by atoms with E-state index in [1.165, 1.54) is 6.20 Å². The molecule has 148 valence electrons. The maximum Gasteiger partial charge on any atom is 0.146 e. The number of nitrogens with zero attached hydrogens (tertiary/aromatic N) is 2. The number of hydrogen-bond acceptors (Lipinski definition) is 7. The van der Waals surface area contributed by atoms with Crippen molar-refractivity contribution in [1.29, 1.82) is 0 Å². The summed E-state index contributed by atoms with van der Waals surface area (Å²) in [5.74, 6) is 0.576. The zero-order valence-electron chi connectivity index (χ0n) is 15.9. The zero-order chi connectivity index (χ0) is 20.6. The van der Waals surface area contributed by atoms with Crippen molar-refractivity contribution in [1.82, 2.24) is 9.97 Å². The number of para-hydroxylation sites is 1. The number of rotatable bonds is 4. The van der Waals surface area contributed by atoms with Crippen LogP contribution in [0.4, 0.5) is 17.2 Å². The fourth-order valence-electron chi connectivity index (χ4n) is 2.85. The molecule has 0 atom stereocenters. The number of nitrogens with one attached hydrogen (secondary N) is 1. The van der Waals surface area contributed by atoms with Gasteiger partial charge in [0.1, 0.15) is 11.6 Å². The predicted molar refractivity (Wildman–Crippen MR) is 118 cm³/mol. The lowest BCUT2D eigenvalue weighted by atomic mass is 10.0. The van der Waals surface area contributed by atoms with E-state index >= 15 is 0 Å². The SMILES string of the molecule is NCc1nccnc1N.Nc1c(O)c(CNc2ccccc2)cc2ccccc12. The summed E-state index contributed by atoms with van der Waals surface area (Å²) in [5, 5.41) is 15.4. The van der Waals surface area contributed by atoms with Crippen LogP contribution in [-0.4, -0.2) is 15.1 Å². The van der Waals surface area contributed by atoms with Crippen LogP contribution in [0.15, 0.2) is 73.1 Å². The predicted octanol–water partition coefficient (Wildman–Crippen LogP) is 3.26. The molecule has 0 fully saturated rings. The Morgan fingerprint density at radius 3 is 2.28 bits per heavy atom. The Hall–Kier alpha value is -3.84. The number of phenolic OH excluding ortho intramolecular Hbond substituents is 1. The Balaban J connectivity index is 0.000000224. The number of nitrogens with two attached hydrogens (primary N) is 3. The Kier molecular flexibility index (Phi) is 6.44. The molecule has 4 rings (SSSR count). The van der Waals surface area contributed by atoms with Gasteiger partial charge in [0.2, 0.25) is 0 Å². The lowest BCUT2D eigenvalue weighted by Crippen LogP contribution is -2.05. The highest BCUT2D eigenvalue weighted by atomic mass is 16.3. The summed E-state index contributed by atoms with van der Waals surface area (Å²) >= 11 is 0. The number of benzene rings is 3. The van der Waals surface area contributed by atoms with Crippen LogP contribution in [-0.2, 0) is 13.1 Å². The molecule has 4 aromatic rings. The van der Waals surface area contributed by atoms with E-state index in [2.05, 4.69) is 15.3 Å². The van der Waals surface area contributed by atoms with Crippen LogP contribution in [0.3, 0.4) is 0 Å². The maximum absolute atomic E-state index is 10.2. The molecular weight excluding hydrogens is 364 g/mol. The molecule has 0 amide bonds. The van der Waals surface area contributed by atoms with Crippen molar-refractivity contribution in [3.63, 3.8) is 0 Å². The average molecular weight is 388 g/mol. The van der Waals surface area contributed by atoms with Gasteiger partial charge in [-0.25, -0.2) is 4.98 Å². The number of fused-ring (bicyclic) bond motifs is 1. The minimum absolute atomic E-state index is 0.159. The van der Waals surface area contributed by atoms with Crippen LogP contribution in [0.2, 0.25) is 0 Å². The molecule has 0 saturated carbocycles. The lowest BCUT2D eigenvalue weighted by Gasteiger charge is -2.12. The third-order valence-corrected chi connectivity index (χ3v) is 4.40. The van der Waals surface area contributed by atoms with E-state index in [-0.39, 0.29) is 5.75 Å². The molecule has 0 bridgehead atoms. The highest BCUT2D eigenvalue weighted by molar-refractivity contribution is 5.96. The molecule has 1 heterocycles. The topological polar surface area (TPSA) is 136 Å². The minimum atomic E-state index is 0.159. The third-order valence-electron chi connectivity index (χ3n) is 4.40. The molecule has 0 saturated heterocycles. The molecule has 3 aromatic carbocycles. The van der Waals surface area contributed by atoms with E-state index in [9.17, 15) is 5.11 Å². The Labute approximate surface area is 169 Å². The average Bonchev–Trinajstić information content (AvgIpc) is 2.77. The van der Waals surface area contributed by atoms with Gasteiger partial charge >= 0.3 is 0 Å². The first kappa shape index (κ1) is 19.9. The number of phenols is 1. The second-order valence-electron chi connectivity index (χ2n) is 6.33. The van der Waals surface area contributed by atoms with Crippen molar-refractivity contribution < 1.29 is 5.11 Å². The zero-order valence-corrected chi connectivity index (χ0v) is 15.9. The first-order chi connectivity index (χ1) is 14.1. The number of aromatic hydroxyl groups is 1. The molecule has 0 spiro atoms. The van der Waals surface area contributed by atoms with Crippen molar-refractivity contribution in [2.45, 2.75) is 13.1 Å². The number of anilines is 3. The molecule has 8 N–H and O–H groups in total.